The van der Waals surface area contributed by atoms with Gasteiger partial charge < -0.3 is 24.8 Å². The van der Waals surface area contributed by atoms with Gasteiger partial charge in [-0.15, -0.1) is 0 Å². The third-order valence-electron chi connectivity index (χ3n) is 5.68. The fourth-order valence-corrected chi connectivity index (χ4v) is 4.02. The number of ether oxygens (including phenoxy) is 1. The van der Waals surface area contributed by atoms with Crippen LogP contribution in [0.15, 0.2) is 30.6 Å². The van der Waals surface area contributed by atoms with E-state index in [2.05, 4.69) is 27.4 Å². The van der Waals surface area contributed by atoms with Crippen molar-refractivity contribution in [3.05, 3.63) is 30.6 Å². The average Bonchev–Trinajstić information content (AvgIpc) is 3.19. The van der Waals surface area contributed by atoms with Crippen molar-refractivity contribution in [2.24, 2.45) is 7.05 Å². The summed E-state index contributed by atoms with van der Waals surface area (Å²) in [7, 11) is 1.98. The first-order chi connectivity index (χ1) is 15.6. The number of anilines is 2. The summed E-state index contributed by atoms with van der Waals surface area (Å²) in [6.45, 7) is 6.85. The standard InChI is InChI=1S/C23H31N7O2/c1-4-6-7-18-14-32-13-12-30(18)22-19-21(25-15-29(19)3)27-20(28-22)16-8-10-17(11-9-16)26-23(31)24-5-2/h8-11,15,18H,4-7,12-14H2,1-3H3,(H2,24,26,31). The summed E-state index contributed by atoms with van der Waals surface area (Å²) < 4.78 is 7.77. The highest BCUT2D eigenvalue weighted by atomic mass is 16.5. The van der Waals surface area contributed by atoms with Gasteiger partial charge in [-0.05, 0) is 37.6 Å². The number of carbonyl (C=O) groups is 1. The minimum absolute atomic E-state index is 0.223. The number of imidazole rings is 1. The van der Waals surface area contributed by atoms with Gasteiger partial charge in [0.1, 0.15) is 5.52 Å². The Labute approximate surface area is 188 Å². The van der Waals surface area contributed by atoms with E-state index >= 15 is 0 Å². The van der Waals surface area contributed by atoms with Crippen LogP contribution in [-0.4, -0.2) is 57.9 Å². The van der Waals surface area contributed by atoms with Crippen LogP contribution < -0.4 is 15.5 Å². The van der Waals surface area contributed by atoms with Crippen LogP contribution in [0, 0.1) is 0 Å². The van der Waals surface area contributed by atoms with Crippen LogP contribution in [0.25, 0.3) is 22.6 Å². The second-order valence-electron chi connectivity index (χ2n) is 8.02. The lowest BCUT2D eigenvalue weighted by Crippen LogP contribution is -2.46. The topological polar surface area (TPSA) is 97.2 Å². The van der Waals surface area contributed by atoms with E-state index in [9.17, 15) is 4.79 Å². The SMILES string of the molecule is CCCCC1COCCN1c1nc(-c2ccc(NC(=O)NCC)cc2)nc2ncn(C)c12. The molecule has 9 heteroatoms. The molecule has 0 bridgehead atoms. The maximum absolute atomic E-state index is 11.8. The Morgan fingerprint density at radius 2 is 2.03 bits per heavy atom. The minimum Gasteiger partial charge on any atom is -0.377 e. The number of benzene rings is 1. The highest BCUT2D eigenvalue weighted by Crippen LogP contribution is 2.30. The normalized spacial score (nSPS) is 16.3. The number of nitrogens with zero attached hydrogens (tertiary/aromatic N) is 5. The summed E-state index contributed by atoms with van der Waals surface area (Å²) in [5, 5.41) is 5.54. The van der Waals surface area contributed by atoms with E-state index in [-0.39, 0.29) is 12.1 Å². The maximum atomic E-state index is 11.8. The van der Waals surface area contributed by atoms with Crippen LogP contribution in [0.4, 0.5) is 16.3 Å². The molecule has 0 radical (unpaired) electrons. The van der Waals surface area contributed by atoms with Crippen LogP contribution in [-0.2, 0) is 11.8 Å². The first-order valence-electron chi connectivity index (χ1n) is 11.3. The summed E-state index contributed by atoms with van der Waals surface area (Å²) in [6.07, 6.45) is 5.15. The Hall–Kier alpha value is -3.20. The minimum atomic E-state index is -0.223. The van der Waals surface area contributed by atoms with Crippen molar-refractivity contribution in [1.82, 2.24) is 24.8 Å². The second-order valence-corrected chi connectivity index (χ2v) is 8.02. The lowest BCUT2D eigenvalue weighted by Gasteiger charge is -2.37. The number of nitrogens with one attached hydrogen (secondary N) is 2. The highest BCUT2D eigenvalue weighted by Gasteiger charge is 2.27. The molecule has 0 aliphatic carbocycles. The van der Waals surface area contributed by atoms with Crippen LogP contribution >= 0.6 is 0 Å². The Morgan fingerprint density at radius 3 is 2.78 bits per heavy atom. The van der Waals surface area contributed by atoms with Gasteiger partial charge in [-0.3, -0.25) is 0 Å². The molecule has 32 heavy (non-hydrogen) atoms. The number of aromatic nitrogens is 4. The molecule has 3 heterocycles. The summed E-state index contributed by atoms with van der Waals surface area (Å²) in [5.74, 6) is 1.52. The fraction of sp³-hybridized carbons (Fsp3) is 0.478. The molecule has 1 aliphatic heterocycles. The van der Waals surface area contributed by atoms with Gasteiger partial charge in [0.15, 0.2) is 17.3 Å². The van der Waals surface area contributed by atoms with Gasteiger partial charge >= 0.3 is 6.03 Å². The van der Waals surface area contributed by atoms with E-state index in [0.29, 0.717) is 36.9 Å². The van der Waals surface area contributed by atoms with E-state index < -0.39 is 0 Å². The molecule has 2 amide bonds. The van der Waals surface area contributed by atoms with Gasteiger partial charge in [-0.25, -0.2) is 19.7 Å². The van der Waals surface area contributed by atoms with Crippen LogP contribution in [0.2, 0.25) is 0 Å². The molecule has 0 spiro atoms. The first kappa shape index (κ1) is 22.0. The van der Waals surface area contributed by atoms with Gasteiger partial charge in [0.05, 0.1) is 25.6 Å². The summed E-state index contributed by atoms with van der Waals surface area (Å²) in [5.41, 5.74) is 3.20. The third-order valence-corrected chi connectivity index (χ3v) is 5.68. The third kappa shape index (κ3) is 4.67. The summed E-state index contributed by atoms with van der Waals surface area (Å²) in [4.78, 5) is 28.4. The second kappa shape index (κ2) is 9.95. The summed E-state index contributed by atoms with van der Waals surface area (Å²) >= 11 is 0. The highest BCUT2D eigenvalue weighted by molar-refractivity contribution is 5.90. The van der Waals surface area contributed by atoms with Crippen LogP contribution in [0.1, 0.15) is 33.1 Å². The zero-order valence-electron chi connectivity index (χ0n) is 19.0. The van der Waals surface area contributed by atoms with Gasteiger partial charge in [-0.1, -0.05) is 19.8 Å². The molecule has 9 nitrogen and oxygen atoms in total. The molecule has 1 aromatic carbocycles. The van der Waals surface area contributed by atoms with Gasteiger partial charge in [0.2, 0.25) is 0 Å². The number of amides is 2. The predicted molar refractivity (Wildman–Crippen MR) is 126 cm³/mol. The van der Waals surface area contributed by atoms with Crippen molar-refractivity contribution in [1.29, 1.82) is 0 Å². The molecule has 1 fully saturated rings. The smallest absolute Gasteiger partial charge is 0.319 e. The molecule has 1 saturated heterocycles. The van der Waals surface area contributed by atoms with Gasteiger partial charge in [0, 0.05) is 31.4 Å². The van der Waals surface area contributed by atoms with Crippen molar-refractivity contribution in [2.75, 3.05) is 36.5 Å². The van der Waals surface area contributed by atoms with Crippen LogP contribution in [0.5, 0.6) is 0 Å². The lowest BCUT2D eigenvalue weighted by molar-refractivity contribution is 0.0906. The van der Waals surface area contributed by atoms with Crippen molar-refractivity contribution in [3.8, 4) is 11.4 Å². The number of carbonyl (C=O) groups excluding carboxylic acids is 1. The monoisotopic (exact) mass is 437 g/mol. The molecular formula is C23H31N7O2. The molecule has 170 valence electrons. The Balaban J connectivity index is 1.69. The van der Waals surface area contributed by atoms with E-state index in [1.165, 1.54) is 0 Å². The van der Waals surface area contributed by atoms with Crippen molar-refractivity contribution in [2.45, 2.75) is 39.2 Å². The molecule has 2 N–H and O–H groups in total. The van der Waals surface area contributed by atoms with Gasteiger partial charge in [-0.2, -0.15) is 0 Å². The molecular weight excluding hydrogens is 406 g/mol. The average molecular weight is 438 g/mol. The number of aryl methyl sites for hydroxylation is 1. The van der Waals surface area contributed by atoms with E-state index in [0.717, 1.165) is 42.7 Å². The molecule has 2 aromatic heterocycles. The zero-order chi connectivity index (χ0) is 22.5. The number of hydrogen-bond donors (Lipinski definition) is 2. The molecule has 4 rings (SSSR count). The Kier molecular flexibility index (Phi) is 6.84. The maximum Gasteiger partial charge on any atom is 0.319 e. The van der Waals surface area contributed by atoms with E-state index in [1.54, 1.807) is 6.33 Å². The van der Waals surface area contributed by atoms with E-state index in [1.807, 2.05) is 42.8 Å². The molecule has 1 atom stereocenters. The number of hydrogen-bond acceptors (Lipinski definition) is 6. The number of rotatable bonds is 7. The van der Waals surface area contributed by atoms with Crippen LogP contribution in [0.3, 0.4) is 0 Å². The van der Waals surface area contributed by atoms with Crippen molar-refractivity contribution in [3.63, 3.8) is 0 Å². The van der Waals surface area contributed by atoms with Gasteiger partial charge in [0.25, 0.3) is 0 Å². The molecule has 3 aromatic rings. The fourth-order valence-electron chi connectivity index (χ4n) is 4.02. The number of urea groups is 1. The number of unbranched alkanes of at least 4 members (excludes halogenated alkanes) is 1. The number of morpholine rings is 1. The Morgan fingerprint density at radius 1 is 1.22 bits per heavy atom. The molecule has 0 saturated carbocycles. The summed E-state index contributed by atoms with van der Waals surface area (Å²) in [6, 6.07) is 7.61. The van der Waals surface area contributed by atoms with E-state index in [4.69, 9.17) is 14.7 Å². The zero-order valence-corrected chi connectivity index (χ0v) is 19.0. The molecule has 1 aliphatic rings. The quantitative estimate of drug-likeness (QED) is 0.587. The Bertz CT molecular complexity index is 1060. The van der Waals surface area contributed by atoms with Crippen molar-refractivity contribution < 1.29 is 9.53 Å². The molecule has 1 unspecified atom stereocenters. The van der Waals surface area contributed by atoms with Crippen molar-refractivity contribution >= 4 is 28.7 Å². The number of fused-ring (bicyclic) bond motifs is 1. The largest absolute Gasteiger partial charge is 0.377 e. The predicted octanol–water partition coefficient (Wildman–Crippen LogP) is 3.57. The first-order valence-corrected chi connectivity index (χ1v) is 11.3. The lowest BCUT2D eigenvalue weighted by atomic mass is 10.1.